The van der Waals surface area contributed by atoms with E-state index in [-0.39, 0.29) is 18.9 Å². The Morgan fingerprint density at radius 3 is 2.70 bits per heavy atom. The molecule has 0 aliphatic heterocycles. The van der Waals surface area contributed by atoms with Gasteiger partial charge in [-0.2, -0.15) is 0 Å². The minimum atomic E-state index is -0.924. The standard InChI is InChI=1S/C6H13NO3/c1-2-7-6(10)3-5(9)4-8/h5,8-9H,2-4H2,1H3,(H,7,10). The molecular weight excluding hydrogens is 134 g/mol. The Balaban J connectivity index is 3.37. The van der Waals surface area contributed by atoms with Crippen LogP contribution >= 0.6 is 0 Å². The molecule has 0 bridgehead atoms. The number of aliphatic hydroxyl groups is 2. The second-order valence-electron chi connectivity index (χ2n) is 1.99. The van der Waals surface area contributed by atoms with Gasteiger partial charge in [-0.05, 0) is 6.92 Å². The summed E-state index contributed by atoms with van der Waals surface area (Å²) in [7, 11) is 0. The van der Waals surface area contributed by atoms with Crippen molar-refractivity contribution in [2.45, 2.75) is 19.4 Å². The predicted molar refractivity (Wildman–Crippen MR) is 36.4 cm³/mol. The van der Waals surface area contributed by atoms with Crippen LogP contribution < -0.4 is 5.32 Å². The van der Waals surface area contributed by atoms with E-state index in [0.717, 1.165) is 0 Å². The molecule has 0 fully saturated rings. The van der Waals surface area contributed by atoms with Gasteiger partial charge in [-0.1, -0.05) is 0 Å². The van der Waals surface area contributed by atoms with Crippen LogP contribution in [0.25, 0.3) is 0 Å². The SMILES string of the molecule is CCNC(=O)CC(O)CO. The molecule has 1 unspecified atom stereocenters. The largest absolute Gasteiger partial charge is 0.394 e. The van der Waals surface area contributed by atoms with Crippen molar-refractivity contribution in [1.29, 1.82) is 0 Å². The maximum absolute atomic E-state index is 10.6. The predicted octanol–water partition coefficient (Wildman–Crippen LogP) is -1.13. The zero-order valence-electron chi connectivity index (χ0n) is 6.00. The van der Waals surface area contributed by atoms with E-state index >= 15 is 0 Å². The van der Waals surface area contributed by atoms with Gasteiger partial charge in [0, 0.05) is 6.54 Å². The van der Waals surface area contributed by atoms with Crippen LogP contribution in [0, 0.1) is 0 Å². The Kier molecular flexibility index (Phi) is 4.88. The molecule has 0 rings (SSSR count). The summed E-state index contributed by atoms with van der Waals surface area (Å²) in [6, 6.07) is 0. The molecule has 60 valence electrons. The monoisotopic (exact) mass is 147 g/mol. The van der Waals surface area contributed by atoms with E-state index in [1.54, 1.807) is 6.92 Å². The Hall–Kier alpha value is -0.610. The zero-order chi connectivity index (χ0) is 7.98. The van der Waals surface area contributed by atoms with E-state index < -0.39 is 6.10 Å². The maximum atomic E-state index is 10.6. The van der Waals surface area contributed by atoms with Gasteiger partial charge in [0.2, 0.25) is 5.91 Å². The molecule has 0 saturated carbocycles. The number of rotatable bonds is 4. The number of carbonyl (C=O) groups is 1. The van der Waals surface area contributed by atoms with Crippen molar-refractivity contribution in [1.82, 2.24) is 5.32 Å². The fourth-order valence-electron chi connectivity index (χ4n) is 0.548. The highest BCUT2D eigenvalue weighted by atomic mass is 16.3. The molecule has 4 heteroatoms. The van der Waals surface area contributed by atoms with Crippen LogP contribution in [0.5, 0.6) is 0 Å². The smallest absolute Gasteiger partial charge is 0.222 e. The summed E-state index contributed by atoms with van der Waals surface area (Å²) in [5, 5.41) is 19.6. The highest BCUT2D eigenvalue weighted by Crippen LogP contribution is 1.88. The minimum Gasteiger partial charge on any atom is -0.394 e. The molecule has 4 nitrogen and oxygen atoms in total. The van der Waals surface area contributed by atoms with E-state index in [1.165, 1.54) is 0 Å². The molecule has 0 spiro atoms. The number of hydrogen-bond acceptors (Lipinski definition) is 3. The van der Waals surface area contributed by atoms with E-state index in [9.17, 15) is 4.79 Å². The number of amides is 1. The quantitative estimate of drug-likeness (QED) is 0.471. The zero-order valence-corrected chi connectivity index (χ0v) is 6.00. The molecule has 1 amide bonds. The lowest BCUT2D eigenvalue weighted by atomic mass is 10.2. The van der Waals surface area contributed by atoms with E-state index in [2.05, 4.69) is 5.32 Å². The lowest BCUT2D eigenvalue weighted by molar-refractivity contribution is -0.123. The molecule has 0 aromatic carbocycles. The lowest BCUT2D eigenvalue weighted by Gasteiger charge is -2.05. The van der Waals surface area contributed by atoms with Gasteiger partial charge in [-0.3, -0.25) is 4.79 Å². The second-order valence-corrected chi connectivity index (χ2v) is 1.99. The molecule has 0 aromatic rings. The normalized spacial score (nSPS) is 12.7. The summed E-state index contributed by atoms with van der Waals surface area (Å²) >= 11 is 0. The van der Waals surface area contributed by atoms with Crippen molar-refractivity contribution in [2.75, 3.05) is 13.2 Å². The van der Waals surface area contributed by atoms with Gasteiger partial charge in [0.1, 0.15) is 0 Å². The molecule has 0 aromatic heterocycles. The van der Waals surface area contributed by atoms with Crippen molar-refractivity contribution in [2.24, 2.45) is 0 Å². The molecule has 0 heterocycles. The number of carbonyl (C=O) groups excluding carboxylic acids is 1. The number of nitrogens with one attached hydrogen (secondary N) is 1. The molecule has 3 N–H and O–H groups in total. The summed E-state index contributed by atoms with van der Waals surface area (Å²) < 4.78 is 0. The van der Waals surface area contributed by atoms with E-state index in [1.807, 2.05) is 0 Å². The summed E-state index contributed by atoms with van der Waals surface area (Å²) in [6.45, 7) is 1.98. The molecular formula is C6H13NO3. The topological polar surface area (TPSA) is 69.6 Å². The molecule has 10 heavy (non-hydrogen) atoms. The van der Waals surface area contributed by atoms with Gasteiger partial charge >= 0.3 is 0 Å². The first kappa shape index (κ1) is 9.39. The highest BCUT2D eigenvalue weighted by Gasteiger charge is 2.07. The number of hydrogen-bond donors (Lipinski definition) is 3. The van der Waals surface area contributed by atoms with Crippen LogP contribution in [0.3, 0.4) is 0 Å². The van der Waals surface area contributed by atoms with Crippen LogP contribution in [0.15, 0.2) is 0 Å². The third-order valence-corrected chi connectivity index (χ3v) is 1.01. The average molecular weight is 147 g/mol. The Morgan fingerprint density at radius 1 is 1.70 bits per heavy atom. The van der Waals surface area contributed by atoms with Gasteiger partial charge in [0.25, 0.3) is 0 Å². The third kappa shape index (κ3) is 4.29. The van der Waals surface area contributed by atoms with Crippen LogP contribution in [0.1, 0.15) is 13.3 Å². The average Bonchev–Trinajstić information content (AvgIpc) is 1.88. The molecule has 0 aliphatic rings. The van der Waals surface area contributed by atoms with Crippen molar-refractivity contribution in [3.63, 3.8) is 0 Å². The summed E-state index contributed by atoms with van der Waals surface area (Å²) in [6.07, 6.45) is -0.948. The molecule has 0 radical (unpaired) electrons. The van der Waals surface area contributed by atoms with Gasteiger partial charge in [-0.25, -0.2) is 0 Å². The van der Waals surface area contributed by atoms with Gasteiger partial charge in [0.15, 0.2) is 0 Å². The van der Waals surface area contributed by atoms with Gasteiger partial charge in [0.05, 0.1) is 19.1 Å². The summed E-state index contributed by atoms with van der Waals surface area (Å²) in [5.41, 5.74) is 0. The van der Waals surface area contributed by atoms with E-state index in [4.69, 9.17) is 10.2 Å². The fourth-order valence-corrected chi connectivity index (χ4v) is 0.548. The van der Waals surface area contributed by atoms with Crippen molar-refractivity contribution >= 4 is 5.91 Å². The molecule has 0 saturated heterocycles. The van der Waals surface area contributed by atoms with Crippen molar-refractivity contribution in [3.05, 3.63) is 0 Å². The third-order valence-electron chi connectivity index (χ3n) is 1.01. The highest BCUT2D eigenvalue weighted by molar-refractivity contribution is 5.76. The van der Waals surface area contributed by atoms with Crippen LogP contribution in [0.2, 0.25) is 0 Å². The Labute approximate surface area is 59.9 Å². The molecule has 1 atom stereocenters. The fraction of sp³-hybridized carbons (Fsp3) is 0.833. The lowest BCUT2D eigenvalue weighted by Crippen LogP contribution is -2.28. The summed E-state index contributed by atoms with van der Waals surface area (Å²) in [4.78, 5) is 10.6. The van der Waals surface area contributed by atoms with Crippen LogP contribution in [-0.2, 0) is 4.79 Å². The first-order valence-electron chi connectivity index (χ1n) is 3.26. The molecule has 0 aliphatic carbocycles. The van der Waals surface area contributed by atoms with Crippen LogP contribution in [0.4, 0.5) is 0 Å². The first-order chi connectivity index (χ1) is 4.70. The van der Waals surface area contributed by atoms with Gasteiger partial charge < -0.3 is 15.5 Å². The Bertz CT molecular complexity index is 105. The Morgan fingerprint density at radius 2 is 2.30 bits per heavy atom. The minimum absolute atomic E-state index is 0.0235. The van der Waals surface area contributed by atoms with E-state index in [0.29, 0.717) is 6.54 Å². The second kappa shape index (κ2) is 5.20. The van der Waals surface area contributed by atoms with Gasteiger partial charge in [-0.15, -0.1) is 0 Å². The summed E-state index contributed by atoms with van der Waals surface area (Å²) in [5.74, 6) is -0.232. The number of aliphatic hydroxyl groups excluding tert-OH is 2. The van der Waals surface area contributed by atoms with Crippen molar-refractivity contribution in [3.8, 4) is 0 Å². The van der Waals surface area contributed by atoms with Crippen molar-refractivity contribution < 1.29 is 15.0 Å². The van der Waals surface area contributed by atoms with Crippen LogP contribution in [-0.4, -0.2) is 35.4 Å². The first-order valence-corrected chi connectivity index (χ1v) is 3.26. The maximum Gasteiger partial charge on any atom is 0.222 e.